The van der Waals surface area contributed by atoms with E-state index in [0.29, 0.717) is 0 Å². The zero-order valence-corrected chi connectivity index (χ0v) is 12.3. The Kier molecular flexibility index (Phi) is 6.45. The Balaban J connectivity index is 5.27. The summed E-state index contributed by atoms with van der Waals surface area (Å²) < 4.78 is 100. The molecule has 0 aliphatic carbocycles. The van der Waals surface area contributed by atoms with E-state index in [1.807, 2.05) is 0 Å². The molecule has 0 bridgehead atoms. The molecule has 0 spiro atoms. The quantitative estimate of drug-likeness (QED) is 0.408. The Labute approximate surface area is 115 Å². The van der Waals surface area contributed by atoms with Gasteiger partial charge in [-0.3, -0.25) is 13.7 Å². The minimum atomic E-state index is -5.14. The van der Waals surface area contributed by atoms with Crippen molar-refractivity contribution in [2.45, 2.75) is 18.9 Å². The van der Waals surface area contributed by atoms with Crippen molar-refractivity contribution in [1.82, 2.24) is 0 Å². The molecule has 0 aliphatic rings. The van der Waals surface area contributed by atoms with E-state index in [2.05, 4.69) is 12.5 Å². The largest absolute Gasteiger partial charge is 0.398 e. The van der Waals surface area contributed by atoms with Crippen LogP contribution in [0.4, 0.5) is 0 Å². The summed E-state index contributed by atoms with van der Waals surface area (Å²) in [5.41, 5.74) is -2.32. The van der Waals surface area contributed by atoms with Crippen molar-refractivity contribution in [2.75, 3.05) is 13.2 Å². The highest BCUT2D eigenvalue weighted by molar-refractivity contribution is 7.81. The molecule has 3 N–H and O–H groups in total. The summed E-state index contributed by atoms with van der Waals surface area (Å²) in [6, 6.07) is 0. The maximum atomic E-state index is 10.7. The van der Waals surface area contributed by atoms with Crippen molar-refractivity contribution < 1.29 is 51.5 Å². The summed E-state index contributed by atoms with van der Waals surface area (Å²) in [6.45, 7) is -1.22. The fourth-order valence-electron chi connectivity index (χ4n) is 0.940. The van der Waals surface area contributed by atoms with Crippen molar-refractivity contribution in [1.29, 1.82) is 0 Å². The smallest absolute Gasteiger partial charge is 0.264 e. The SMILES string of the molecule is CCC(COS(=O)(=O)O)(COS(=O)(=O)O)OS(=O)(=O)O. The fraction of sp³-hybridized carbons (Fsp3) is 1.00. The van der Waals surface area contributed by atoms with Gasteiger partial charge in [0.15, 0.2) is 0 Å². The first kappa shape index (κ1) is 19.6. The molecule has 0 amide bonds. The molecule has 0 aromatic carbocycles. The molecular formula is C5H12O12S3. The normalized spacial score (nSPS) is 14.4. The van der Waals surface area contributed by atoms with E-state index in [4.69, 9.17) is 13.7 Å². The van der Waals surface area contributed by atoms with Gasteiger partial charge in [0.05, 0.1) is 0 Å². The molecule has 0 unspecified atom stereocenters. The predicted octanol–water partition coefficient (Wildman–Crippen LogP) is -1.41. The highest BCUT2D eigenvalue weighted by atomic mass is 32.3. The molecule has 15 heteroatoms. The van der Waals surface area contributed by atoms with Crippen LogP contribution in [0.25, 0.3) is 0 Å². The van der Waals surface area contributed by atoms with Gasteiger partial charge in [-0.25, -0.2) is 12.5 Å². The molecule has 0 aliphatic heterocycles. The third-order valence-electron chi connectivity index (χ3n) is 1.87. The van der Waals surface area contributed by atoms with Crippen molar-refractivity contribution in [3.8, 4) is 0 Å². The Morgan fingerprint density at radius 2 is 1.15 bits per heavy atom. The Hall–Kier alpha value is -0.390. The van der Waals surface area contributed by atoms with Gasteiger partial charge >= 0.3 is 31.2 Å². The Morgan fingerprint density at radius 3 is 1.35 bits per heavy atom. The molecule has 0 radical (unpaired) electrons. The summed E-state index contributed by atoms with van der Waals surface area (Å²) in [5, 5.41) is 0. The summed E-state index contributed by atoms with van der Waals surface area (Å²) in [7, 11) is -15.1. The van der Waals surface area contributed by atoms with Crippen LogP contribution in [-0.4, -0.2) is 57.7 Å². The zero-order valence-electron chi connectivity index (χ0n) is 9.86. The van der Waals surface area contributed by atoms with Crippen molar-refractivity contribution in [2.24, 2.45) is 0 Å². The second-order valence-electron chi connectivity index (χ2n) is 3.43. The van der Waals surface area contributed by atoms with Crippen LogP contribution in [0.1, 0.15) is 13.3 Å². The van der Waals surface area contributed by atoms with E-state index in [0.717, 1.165) is 0 Å². The number of hydrogen-bond donors (Lipinski definition) is 3. The molecule has 0 saturated carbocycles. The fourth-order valence-corrected chi connectivity index (χ4v) is 2.33. The van der Waals surface area contributed by atoms with Crippen LogP contribution >= 0.6 is 0 Å². The average Bonchev–Trinajstić information content (AvgIpc) is 2.18. The van der Waals surface area contributed by atoms with Gasteiger partial charge < -0.3 is 0 Å². The van der Waals surface area contributed by atoms with Gasteiger partial charge in [-0.2, -0.15) is 25.3 Å². The van der Waals surface area contributed by atoms with Crippen molar-refractivity contribution >= 4 is 31.2 Å². The predicted molar refractivity (Wildman–Crippen MR) is 60.7 cm³/mol. The Morgan fingerprint density at radius 1 is 0.800 bits per heavy atom. The van der Waals surface area contributed by atoms with Gasteiger partial charge in [0.2, 0.25) is 0 Å². The van der Waals surface area contributed by atoms with E-state index in [9.17, 15) is 25.3 Å². The first-order chi connectivity index (χ1) is 8.68. The topological polar surface area (TPSA) is 191 Å². The standard InChI is InChI=1S/C5H12O12S3/c1-2-5(17-20(12,13)14,3-15-18(6,7)8)4-16-19(9,10)11/h2-4H2,1H3,(H,6,7,8)(H,9,10,11)(H,12,13,14). The van der Waals surface area contributed by atoms with Gasteiger partial charge in [0.1, 0.15) is 18.8 Å². The van der Waals surface area contributed by atoms with Crippen molar-refractivity contribution in [3.05, 3.63) is 0 Å². The van der Waals surface area contributed by atoms with Gasteiger partial charge in [-0.05, 0) is 6.42 Å². The van der Waals surface area contributed by atoms with E-state index in [1.54, 1.807) is 0 Å². The molecule has 20 heavy (non-hydrogen) atoms. The average molecular weight is 360 g/mol. The first-order valence-corrected chi connectivity index (χ1v) is 8.69. The lowest BCUT2D eigenvalue weighted by atomic mass is 10.0. The van der Waals surface area contributed by atoms with Crippen LogP contribution in [0.5, 0.6) is 0 Å². The minimum absolute atomic E-state index is 0.433. The van der Waals surface area contributed by atoms with E-state index in [1.165, 1.54) is 6.92 Å². The second-order valence-corrected chi connectivity index (χ2v) is 6.63. The second kappa shape index (κ2) is 6.58. The van der Waals surface area contributed by atoms with Crippen LogP contribution in [0.3, 0.4) is 0 Å². The molecule has 0 saturated heterocycles. The lowest BCUT2D eigenvalue weighted by molar-refractivity contribution is -0.0254. The first-order valence-electron chi connectivity index (χ1n) is 4.60. The molecular weight excluding hydrogens is 348 g/mol. The summed E-state index contributed by atoms with van der Waals surface area (Å²) in [5.74, 6) is 0. The van der Waals surface area contributed by atoms with Gasteiger partial charge in [-0.1, -0.05) is 6.92 Å². The molecule has 12 nitrogen and oxygen atoms in total. The van der Waals surface area contributed by atoms with Crippen LogP contribution in [0.2, 0.25) is 0 Å². The van der Waals surface area contributed by atoms with Crippen LogP contribution in [-0.2, 0) is 43.7 Å². The maximum Gasteiger partial charge on any atom is 0.398 e. The summed E-state index contributed by atoms with van der Waals surface area (Å²) in [4.78, 5) is 0. The minimum Gasteiger partial charge on any atom is -0.264 e. The Bertz CT molecular complexity index is 576. The monoisotopic (exact) mass is 360 g/mol. The summed E-state index contributed by atoms with van der Waals surface area (Å²) in [6.07, 6.45) is -0.433. The number of rotatable bonds is 9. The molecule has 0 aromatic heterocycles. The molecule has 0 atom stereocenters. The highest BCUT2D eigenvalue weighted by Gasteiger charge is 2.38. The molecule has 122 valence electrons. The summed E-state index contributed by atoms with van der Waals surface area (Å²) >= 11 is 0. The van der Waals surface area contributed by atoms with Gasteiger partial charge in [0.25, 0.3) is 0 Å². The molecule has 0 rings (SSSR count). The maximum absolute atomic E-state index is 10.7. The van der Waals surface area contributed by atoms with E-state index >= 15 is 0 Å². The van der Waals surface area contributed by atoms with Crippen LogP contribution < -0.4 is 0 Å². The van der Waals surface area contributed by atoms with Crippen LogP contribution in [0.15, 0.2) is 0 Å². The third kappa shape index (κ3) is 9.50. The zero-order chi connectivity index (χ0) is 16.2. The molecule has 0 fully saturated rings. The van der Waals surface area contributed by atoms with Crippen LogP contribution in [0, 0.1) is 0 Å². The third-order valence-corrected chi connectivity index (χ3v) is 3.26. The van der Waals surface area contributed by atoms with Gasteiger partial charge in [0, 0.05) is 0 Å². The highest BCUT2D eigenvalue weighted by Crippen LogP contribution is 2.21. The molecule has 0 heterocycles. The van der Waals surface area contributed by atoms with E-state index in [-0.39, 0.29) is 0 Å². The van der Waals surface area contributed by atoms with Gasteiger partial charge in [-0.15, -0.1) is 0 Å². The number of hydrogen-bond acceptors (Lipinski definition) is 9. The van der Waals surface area contributed by atoms with E-state index < -0.39 is 56.4 Å². The lowest BCUT2D eigenvalue weighted by Gasteiger charge is -2.28. The molecule has 0 aromatic rings. The lowest BCUT2D eigenvalue weighted by Crippen LogP contribution is -2.45. The van der Waals surface area contributed by atoms with Crippen molar-refractivity contribution in [3.63, 3.8) is 0 Å².